The van der Waals surface area contributed by atoms with Crippen LogP contribution in [-0.4, -0.2) is 93.8 Å². The molecule has 0 radical (unpaired) electrons. The van der Waals surface area contributed by atoms with E-state index in [1.165, 1.54) is 21.7 Å². The lowest BCUT2D eigenvalue weighted by atomic mass is 9.99. The van der Waals surface area contributed by atoms with Crippen LogP contribution in [0.2, 0.25) is 0 Å². The van der Waals surface area contributed by atoms with E-state index in [0.29, 0.717) is 63.9 Å². The summed E-state index contributed by atoms with van der Waals surface area (Å²) in [6.07, 6.45) is 3.01. The van der Waals surface area contributed by atoms with Gasteiger partial charge in [0.05, 0.1) is 19.5 Å². The highest BCUT2D eigenvalue weighted by Crippen LogP contribution is 2.25. The average molecular weight is 544 g/mol. The van der Waals surface area contributed by atoms with E-state index < -0.39 is 10.0 Å². The number of hydrogen-bond acceptors (Lipinski definition) is 6. The highest BCUT2D eigenvalue weighted by atomic mass is 32.2. The van der Waals surface area contributed by atoms with Crippen LogP contribution in [0.1, 0.15) is 47.3 Å². The Bertz CT molecular complexity index is 1190. The standard InChI is InChI=1S/C29H41N3O5S/c1-23(2)9-10-30-15-16-36-17-18-37-28-8-7-26(21-27(28)20-24-5-4-6-25(19-24)22-30)29(33)31-11-13-32(14-12-31)38(3,34)35/h4-8,19,21,23H,9-18,20,22H2,1-3H3. The van der Waals surface area contributed by atoms with Crippen molar-refractivity contribution in [2.24, 2.45) is 5.92 Å². The zero-order chi connectivity index (χ0) is 27.1. The van der Waals surface area contributed by atoms with Crippen LogP contribution in [-0.2, 0) is 27.7 Å². The summed E-state index contributed by atoms with van der Waals surface area (Å²) in [7, 11) is -3.25. The number of carbonyl (C=O) groups excluding carboxylic acids is 1. The first-order chi connectivity index (χ1) is 18.2. The fourth-order valence-corrected chi connectivity index (χ4v) is 5.76. The van der Waals surface area contributed by atoms with Crippen LogP contribution >= 0.6 is 0 Å². The van der Waals surface area contributed by atoms with Crippen molar-refractivity contribution >= 4 is 15.9 Å². The summed E-state index contributed by atoms with van der Waals surface area (Å²) < 4.78 is 37.1. The third-order valence-corrected chi connectivity index (χ3v) is 8.46. The van der Waals surface area contributed by atoms with Crippen molar-refractivity contribution in [2.45, 2.75) is 33.2 Å². The molecule has 8 nitrogen and oxygen atoms in total. The molecule has 2 aliphatic heterocycles. The number of benzene rings is 2. The smallest absolute Gasteiger partial charge is 0.253 e. The van der Waals surface area contributed by atoms with Crippen LogP contribution in [0.15, 0.2) is 42.5 Å². The SMILES string of the molecule is CC(C)CCN1CCOCCOc2ccc(C(=O)N3CCN(S(C)(=O)=O)CC3)cc2Cc2cccc(c2)C1. The zero-order valence-electron chi connectivity index (χ0n) is 22.9. The summed E-state index contributed by atoms with van der Waals surface area (Å²) in [6, 6.07) is 14.2. The summed E-state index contributed by atoms with van der Waals surface area (Å²) in [4.78, 5) is 17.5. The van der Waals surface area contributed by atoms with Crippen LogP contribution in [0.25, 0.3) is 0 Å². The summed E-state index contributed by atoms with van der Waals surface area (Å²) >= 11 is 0. The van der Waals surface area contributed by atoms with Gasteiger partial charge in [-0.1, -0.05) is 38.1 Å². The van der Waals surface area contributed by atoms with Gasteiger partial charge >= 0.3 is 0 Å². The second kappa shape index (κ2) is 13.1. The number of nitrogens with zero attached hydrogens (tertiary/aromatic N) is 3. The minimum absolute atomic E-state index is 0.0850. The molecule has 2 aliphatic rings. The minimum atomic E-state index is -3.25. The van der Waals surface area contributed by atoms with Crippen molar-refractivity contribution in [2.75, 3.05) is 65.3 Å². The highest BCUT2D eigenvalue weighted by molar-refractivity contribution is 7.88. The van der Waals surface area contributed by atoms with Crippen LogP contribution in [0.4, 0.5) is 0 Å². The summed E-state index contributed by atoms with van der Waals surface area (Å²) in [5.41, 5.74) is 3.99. The second-order valence-corrected chi connectivity index (χ2v) is 12.7. The van der Waals surface area contributed by atoms with Crippen molar-refractivity contribution < 1.29 is 22.7 Å². The number of rotatable bonds is 5. The molecule has 2 heterocycles. The lowest BCUT2D eigenvalue weighted by Gasteiger charge is -2.33. The predicted octanol–water partition coefficient (Wildman–Crippen LogP) is 3.25. The molecule has 0 N–H and O–H groups in total. The molecule has 4 rings (SSSR count). The van der Waals surface area contributed by atoms with E-state index in [0.717, 1.165) is 37.4 Å². The quantitative estimate of drug-likeness (QED) is 0.576. The fourth-order valence-electron chi connectivity index (χ4n) is 4.93. The molecule has 0 unspecified atom stereocenters. The molecule has 9 heteroatoms. The van der Waals surface area contributed by atoms with E-state index in [-0.39, 0.29) is 5.91 Å². The van der Waals surface area contributed by atoms with E-state index in [1.54, 1.807) is 11.0 Å². The van der Waals surface area contributed by atoms with E-state index in [9.17, 15) is 13.2 Å². The maximum absolute atomic E-state index is 13.3. The van der Waals surface area contributed by atoms with Crippen LogP contribution in [0.3, 0.4) is 0 Å². The first-order valence-electron chi connectivity index (χ1n) is 13.6. The zero-order valence-corrected chi connectivity index (χ0v) is 23.7. The van der Waals surface area contributed by atoms with Gasteiger partial charge in [0.15, 0.2) is 0 Å². The van der Waals surface area contributed by atoms with Gasteiger partial charge in [0.25, 0.3) is 5.91 Å². The largest absolute Gasteiger partial charge is 0.491 e. The molecule has 0 aliphatic carbocycles. The molecule has 2 bridgehead atoms. The van der Waals surface area contributed by atoms with Crippen molar-refractivity contribution in [1.82, 2.24) is 14.1 Å². The normalized spacial score (nSPS) is 18.5. The van der Waals surface area contributed by atoms with Crippen molar-refractivity contribution in [3.8, 4) is 5.75 Å². The molecule has 2 aromatic rings. The Morgan fingerprint density at radius 1 is 0.947 bits per heavy atom. The van der Waals surface area contributed by atoms with Gasteiger partial charge in [-0.2, -0.15) is 4.31 Å². The topological polar surface area (TPSA) is 79.4 Å². The molecule has 1 amide bonds. The monoisotopic (exact) mass is 543 g/mol. The molecule has 2 aromatic carbocycles. The molecule has 1 saturated heterocycles. The van der Waals surface area contributed by atoms with E-state index in [4.69, 9.17) is 9.47 Å². The Morgan fingerprint density at radius 2 is 1.71 bits per heavy atom. The van der Waals surface area contributed by atoms with Gasteiger partial charge in [-0.25, -0.2) is 8.42 Å². The molecule has 0 spiro atoms. The van der Waals surface area contributed by atoms with Crippen molar-refractivity contribution in [3.05, 3.63) is 64.7 Å². The molecule has 0 saturated carbocycles. The van der Waals surface area contributed by atoms with Gasteiger partial charge in [0, 0.05) is 51.3 Å². The number of ether oxygens (including phenoxy) is 2. The summed E-state index contributed by atoms with van der Waals surface area (Å²) in [5.74, 6) is 1.33. The lowest BCUT2D eigenvalue weighted by Crippen LogP contribution is -2.50. The van der Waals surface area contributed by atoms with Crippen LogP contribution in [0, 0.1) is 5.92 Å². The molecule has 38 heavy (non-hydrogen) atoms. The lowest BCUT2D eigenvalue weighted by molar-refractivity contribution is 0.0697. The van der Waals surface area contributed by atoms with E-state index in [1.807, 2.05) is 12.1 Å². The van der Waals surface area contributed by atoms with Crippen LogP contribution < -0.4 is 4.74 Å². The van der Waals surface area contributed by atoms with Gasteiger partial charge < -0.3 is 14.4 Å². The second-order valence-electron chi connectivity index (χ2n) is 10.7. The number of carbonyl (C=O) groups is 1. The third-order valence-electron chi connectivity index (χ3n) is 7.15. The summed E-state index contributed by atoms with van der Waals surface area (Å²) in [5, 5.41) is 0. The summed E-state index contributed by atoms with van der Waals surface area (Å²) in [6.45, 7) is 10.3. The fraction of sp³-hybridized carbons (Fsp3) is 0.552. The van der Waals surface area contributed by atoms with Gasteiger partial charge in [-0.05, 0) is 53.8 Å². The van der Waals surface area contributed by atoms with Crippen LogP contribution in [0.5, 0.6) is 5.75 Å². The Balaban J connectivity index is 1.53. The Morgan fingerprint density at radius 3 is 2.45 bits per heavy atom. The van der Waals surface area contributed by atoms with Gasteiger partial charge in [-0.15, -0.1) is 0 Å². The molecule has 1 fully saturated rings. The highest BCUT2D eigenvalue weighted by Gasteiger charge is 2.27. The third kappa shape index (κ3) is 8.02. The minimum Gasteiger partial charge on any atom is -0.491 e. The number of fused-ring (bicyclic) bond motifs is 3. The van der Waals surface area contributed by atoms with Gasteiger partial charge in [-0.3, -0.25) is 9.69 Å². The molecule has 0 atom stereocenters. The predicted molar refractivity (Wildman–Crippen MR) is 149 cm³/mol. The molecular formula is C29H41N3O5S. The number of piperazine rings is 1. The number of hydrogen-bond donors (Lipinski definition) is 0. The first kappa shape index (κ1) is 28.5. The Kier molecular flexibility index (Phi) is 9.81. The van der Waals surface area contributed by atoms with Gasteiger partial charge in [0.1, 0.15) is 12.4 Å². The number of sulfonamides is 1. The maximum atomic E-state index is 13.3. The number of amides is 1. The molecule has 208 valence electrons. The average Bonchev–Trinajstić information content (AvgIpc) is 2.88. The van der Waals surface area contributed by atoms with E-state index >= 15 is 0 Å². The molecular weight excluding hydrogens is 502 g/mol. The molecule has 0 aromatic heterocycles. The Hall–Kier alpha value is -2.46. The van der Waals surface area contributed by atoms with E-state index in [2.05, 4.69) is 43.0 Å². The Labute approximate surface area is 227 Å². The maximum Gasteiger partial charge on any atom is 0.253 e. The van der Waals surface area contributed by atoms with Gasteiger partial charge in [0.2, 0.25) is 10.0 Å². The van der Waals surface area contributed by atoms with Crippen molar-refractivity contribution in [3.63, 3.8) is 0 Å². The van der Waals surface area contributed by atoms with Crippen molar-refractivity contribution in [1.29, 1.82) is 0 Å². The first-order valence-corrected chi connectivity index (χ1v) is 15.4.